The number of likely N-dealkylation sites (tertiary alicyclic amines) is 1. The first-order chi connectivity index (χ1) is 9.99. The number of hydrogen-bond donors (Lipinski definition) is 2. The number of carboxylic acid groups (broad SMARTS) is 1. The molecule has 1 fully saturated rings. The predicted molar refractivity (Wildman–Crippen MR) is 81.4 cm³/mol. The fourth-order valence-corrected chi connectivity index (χ4v) is 3.24. The predicted octanol–water partition coefficient (Wildman–Crippen LogP) is 2.32. The van der Waals surface area contributed by atoms with Crippen LogP contribution in [0, 0.1) is 6.92 Å². The number of pyridine rings is 1. The molecule has 1 saturated heterocycles. The minimum atomic E-state index is -0.825. The monoisotopic (exact) mass is 288 g/mol. The molecule has 2 aromatic heterocycles. The normalized spacial score (nSPS) is 16.6. The fourth-order valence-electron chi connectivity index (χ4n) is 3.24. The van der Waals surface area contributed by atoms with E-state index in [1.165, 1.54) is 10.5 Å². The lowest BCUT2D eigenvalue weighted by atomic mass is 9.88. The Morgan fingerprint density at radius 1 is 1.43 bits per heavy atom. The molecule has 0 atom stereocenters. The second kappa shape index (κ2) is 4.95. The van der Waals surface area contributed by atoms with Crippen molar-refractivity contribution >= 4 is 22.8 Å². The van der Waals surface area contributed by atoms with E-state index in [1.54, 1.807) is 6.20 Å². The van der Waals surface area contributed by atoms with E-state index in [0.29, 0.717) is 24.7 Å². The van der Waals surface area contributed by atoms with E-state index >= 15 is 0 Å². The lowest BCUT2D eigenvalue weighted by molar-refractivity contribution is 0.132. The molecule has 1 aliphatic rings. The maximum atomic E-state index is 11.0. The molecule has 0 radical (unpaired) electrons. The average molecular weight is 288 g/mol. The molecule has 0 spiro atoms. The molecule has 6 nitrogen and oxygen atoms in total. The summed E-state index contributed by atoms with van der Waals surface area (Å²) in [6.45, 7) is 3.20. The highest BCUT2D eigenvalue weighted by Crippen LogP contribution is 2.36. The summed E-state index contributed by atoms with van der Waals surface area (Å²) < 4.78 is 2.03. The van der Waals surface area contributed by atoms with Crippen LogP contribution in [0.4, 0.5) is 10.5 Å². The first kappa shape index (κ1) is 13.7. The van der Waals surface area contributed by atoms with Crippen LogP contribution in [-0.2, 0) is 7.05 Å². The summed E-state index contributed by atoms with van der Waals surface area (Å²) in [5.74, 6) is 0.367. The number of nitrogen functional groups attached to an aromatic ring is 1. The highest BCUT2D eigenvalue weighted by molar-refractivity contribution is 5.88. The molecule has 3 rings (SSSR count). The molecule has 0 bridgehead atoms. The highest BCUT2D eigenvalue weighted by atomic mass is 16.4. The molecule has 0 unspecified atom stereocenters. The average Bonchev–Trinajstić information content (AvgIpc) is 2.81. The zero-order chi connectivity index (χ0) is 15.1. The van der Waals surface area contributed by atoms with Crippen LogP contribution in [0.3, 0.4) is 0 Å². The summed E-state index contributed by atoms with van der Waals surface area (Å²) >= 11 is 0. The van der Waals surface area contributed by atoms with Crippen LogP contribution >= 0.6 is 0 Å². The Morgan fingerprint density at radius 2 is 2.10 bits per heavy atom. The van der Waals surface area contributed by atoms with Gasteiger partial charge in [0.25, 0.3) is 0 Å². The molecule has 21 heavy (non-hydrogen) atoms. The van der Waals surface area contributed by atoms with Gasteiger partial charge in [-0.2, -0.15) is 0 Å². The molecular weight excluding hydrogens is 268 g/mol. The van der Waals surface area contributed by atoms with Gasteiger partial charge in [-0.15, -0.1) is 0 Å². The first-order valence-corrected chi connectivity index (χ1v) is 7.17. The van der Waals surface area contributed by atoms with Gasteiger partial charge in [0.15, 0.2) is 0 Å². The van der Waals surface area contributed by atoms with Crippen molar-refractivity contribution in [3.05, 3.63) is 23.5 Å². The molecule has 3 heterocycles. The summed E-state index contributed by atoms with van der Waals surface area (Å²) in [6, 6.07) is 0. The van der Waals surface area contributed by atoms with E-state index in [9.17, 15) is 4.79 Å². The Morgan fingerprint density at radius 3 is 2.71 bits per heavy atom. The number of hydrogen-bond acceptors (Lipinski definition) is 3. The van der Waals surface area contributed by atoms with Crippen molar-refractivity contribution in [2.45, 2.75) is 25.7 Å². The molecule has 0 aromatic carbocycles. The summed E-state index contributed by atoms with van der Waals surface area (Å²) in [6.07, 6.45) is 4.69. The number of rotatable bonds is 1. The lowest BCUT2D eigenvalue weighted by Crippen LogP contribution is -2.36. The molecule has 3 N–H and O–H groups in total. The zero-order valence-corrected chi connectivity index (χ0v) is 12.3. The van der Waals surface area contributed by atoms with Gasteiger partial charge in [-0.05, 0) is 36.8 Å². The minimum Gasteiger partial charge on any atom is -0.465 e. The Kier molecular flexibility index (Phi) is 3.23. The number of carbonyl (C=O) groups is 1. The maximum Gasteiger partial charge on any atom is 0.407 e. The van der Waals surface area contributed by atoms with Crippen LogP contribution in [-0.4, -0.2) is 38.7 Å². The SMILES string of the molecule is Cc1c(N)cnc2c1c(C1CCN(C(=O)O)CC1)cn2C. The van der Waals surface area contributed by atoms with Gasteiger partial charge in [0.05, 0.1) is 11.9 Å². The van der Waals surface area contributed by atoms with Crippen LogP contribution in [0.1, 0.15) is 29.9 Å². The van der Waals surface area contributed by atoms with Crippen molar-refractivity contribution in [1.29, 1.82) is 0 Å². The zero-order valence-electron chi connectivity index (χ0n) is 12.3. The van der Waals surface area contributed by atoms with Crippen molar-refractivity contribution in [2.75, 3.05) is 18.8 Å². The molecule has 6 heteroatoms. The summed E-state index contributed by atoms with van der Waals surface area (Å²) in [5, 5.41) is 10.2. The lowest BCUT2D eigenvalue weighted by Gasteiger charge is -2.30. The number of piperidine rings is 1. The summed E-state index contributed by atoms with van der Waals surface area (Å²) in [5.41, 5.74) is 9.96. The van der Waals surface area contributed by atoms with Gasteiger partial charge >= 0.3 is 6.09 Å². The highest BCUT2D eigenvalue weighted by Gasteiger charge is 2.26. The Bertz CT molecular complexity index is 699. The third kappa shape index (κ3) is 2.20. The van der Waals surface area contributed by atoms with Crippen molar-refractivity contribution in [1.82, 2.24) is 14.5 Å². The van der Waals surface area contributed by atoms with Gasteiger partial charge in [0.1, 0.15) is 5.65 Å². The van der Waals surface area contributed by atoms with E-state index in [1.807, 2.05) is 18.5 Å². The first-order valence-electron chi connectivity index (χ1n) is 7.17. The molecular formula is C15H20N4O2. The number of amides is 1. The van der Waals surface area contributed by atoms with Crippen LogP contribution in [0.2, 0.25) is 0 Å². The van der Waals surface area contributed by atoms with Gasteiger partial charge in [0, 0.05) is 31.7 Å². The van der Waals surface area contributed by atoms with E-state index in [2.05, 4.69) is 11.2 Å². The van der Waals surface area contributed by atoms with Crippen LogP contribution in [0.15, 0.2) is 12.4 Å². The van der Waals surface area contributed by atoms with Gasteiger partial charge in [0.2, 0.25) is 0 Å². The second-order valence-electron chi connectivity index (χ2n) is 5.78. The van der Waals surface area contributed by atoms with E-state index in [-0.39, 0.29) is 0 Å². The number of aryl methyl sites for hydroxylation is 2. The van der Waals surface area contributed by atoms with Gasteiger partial charge in [-0.3, -0.25) is 0 Å². The molecule has 112 valence electrons. The van der Waals surface area contributed by atoms with Crippen LogP contribution < -0.4 is 5.73 Å². The molecule has 1 amide bonds. The second-order valence-corrected chi connectivity index (χ2v) is 5.78. The standard InChI is InChI=1S/C15H20N4O2/c1-9-12(16)7-17-14-13(9)11(8-18(14)2)10-3-5-19(6-4-10)15(20)21/h7-8,10H,3-6,16H2,1-2H3,(H,20,21). The quantitative estimate of drug-likeness (QED) is 0.843. The number of nitrogens with zero attached hydrogens (tertiary/aromatic N) is 3. The van der Waals surface area contributed by atoms with Crippen molar-refractivity contribution in [2.24, 2.45) is 7.05 Å². The minimum absolute atomic E-state index is 0.367. The van der Waals surface area contributed by atoms with Gasteiger partial charge in [-0.25, -0.2) is 9.78 Å². The smallest absolute Gasteiger partial charge is 0.407 e. The van der Waals surface area contributed by atoms with E-state index in [0.717, 1.165) is 29.4 Å². The van der Waals surface area contributed by atoms with Gasteiger partial charge < -0.3 is 20.3 Å². The topological polar surface area (TPSA) is 84.4 Å². The van der Waals surface area contributed by atoms with Crippen LogP contribution in [0.25, 0.3) is 11.0 Å². The molecule has 0 aliphatic carbocycles. The Balaban J connectivity index is 1.98. The van der Waals surface area contributed by atoms with E-state index in [4.69, 9.17) is 10.8 Å². The molecule has 0 saturated carbocycles. The summed E-state index contributed by atoms with van der Waals surface area (Å²) in [7, 11) is 1.99. The summed E-state index contributed by atoms with van der Waals surface area (Å²) in [4.78, 5) is 16.9. The Labute approximate surface area is 123 Å². The number of nitrogens with two attached hydrogens (primary N) is 1. The van der Waals surface area contributed by atoms with Crippen molar-refractivity contribution < 1.29 is 9.90 Å². The molecule has 1 aliphatic heterocycles. The fraction of sp³-hybridized carbons (Fsp3) is 0.467. The third-order valence-corrected chi connectivity index (χ3v) is 4.52. The number of anilines is 1. The molecule has 2 aromatic rings. The number of aromatic nitrogens is 2. The van der Waals surface area contributed by atoms with Crippen LogP contribution in [0.5, 0.6) is 0 Å². The number of fused-ring (bicyclic) bond motifs is 1. The van der Waals surface area contributed by atoms with Crippen molar-refractivity contribution in [3.8, 4) is 0 Å². The largest absolute Gasteiger partial charge is 0.465 e. The Hall–Kier alpha value is -2.24. The van der Waals surface area contributed by atoms with Crippen molar-refractivity contribution in [3.63, 3.8) is 0 Å². The van der Waals surface area contributed by atoms with Gasteiger partial charge in [-0.1, -0.05) is 0 Å². The van der Waals surface area contributed by atoms with E-state index < -0.39 is 6.09 Å². The maximum absolute atomic E-state index is 11.0. The third-order valence-electron chi connectivity index (χ3n) is 4.52.